The number of hydrogen-bond acceptors (Lipinski definition) is 8. The maximum Gasteiger partial charge on any atom is 0.238 e. The lowest BCUT2D eigenvalue weighted by Gasteiger charge is -2.12. The Balaban J connectivity index is 1.49. The highest BCUT2D eigenvalue weighted by molar-refractivity contribution is 7.99. The van der Waals surface area contributed by atoms with Crippen LogP contribution in [-0.4, -0.2) is 42.0 Å². The number of primary sulfonamides is 1. The molecule has 4 aromatic rings. The fourth-order valence-electron chi connectivity index (χ4n) is 3.32. The van der Waals surface area contributed by atoms with E-state index < -0.39 is 10.0 Å². The topological polar surface area (TPSA) is 138 Å². The number of anilines is 1. The van der Waals surface area contributed by atoms with E-state index >= 15 is 0 Å². The van der Waals surface area contributed by atoms with E-state index in [0.717, 1.165) is 11.3 Å². The van der Waals surface area contributed by atoms with Crippen molar-refractivity contribution in [3.05, 3.63) is 84.2 Å². The minimum Gasteiger partial charge on any atom is -0.497 e. The van der Waals surface area contributed by atoms with Crippen LogP contribution in [0, 0.1) is 6.92 Å². The summed E-state index contributed by atoms with van der Waals surface area (Å²) in [6, 6.07) is 20.7. The molecule has 0 fully saturated rings. The average Bonchev–Trinajstić information content (AvgIpc) is 3.29. The third-order valence-corrected chi connectivity index (χ3v) is 7.08. The normalized spacial score (nSPS) is 11.2. The molecule has 3 N–H and O–H groups in total. The first-order valence-corrected chi connectivity index (χ1v) is 13.6. The van der Waals surface area contributed by atoms with E-state index in [1.807, 2.05) is 60.0 Å². The van der Waals surface area contributed by atoms with Gasteiger partial charge in [0.05, 0.1) is 17.8 Å². The van der Waals surface area contributed by atoms with Crippen molar-refractivity contribution in [3.63, 3.8) is 0 Å². The lowest BCUT2D eigenvalue weighted by molar-refractivity contribution is -0.113. The van der Waals surface area contributed by atoms with E-state index in [2.05, 4.69) is 15.5 Å². The Morgan fingerprint density at radius 1 is 0.973 bits per heavy atom. The zero-order valence-electron chi connectivity index (χ0n) is 20.1. The largest absolute Gasteiger partial charge is 0.497 e. The van der Waals surface area contributed by atoms with Crippen LogP contribution in [-0.2, 0) is 21.4 Å². The number of carbonyl (C=O) groups excluding carboxylic acids is 1. The molecule has 37 heavy (non-hydrogen) atoms. The molecular weight excluding hydrogens is 514 g/mol. The molecule has 0 aliphatic rings. The summed E-state index contributed by atoms with van der Waals surface area (Å²) < 4.78 is 35.8. The summed E-state index contributed by atoms with van der Waals surface area (Å²) in [6.07, 6.45) is 0. The number of nitrogens with one attached hydrogen (secondary N) is 1. The molecule has 0 unspecified atom stereocenters. The minimum atomic E-state index is -3.81. The number of sulfonamides is 1. The van der Waals surface area contributed by atoms with Crippen LogP contribution in [0.5, 0.6) is 11.5 Å². The van der Waals surface area contributed by atoms with Gasteiger partial charge in [-0.2, -0.15) is 0 Å². The Morgan fingerprint density at radius 3 is 2.24 bits per heavy atom. The molecule has 3 aromatic carbocycles. The first-order chi connectivity index (χ1) is 17.7. The number of amides is 1. The van der Waals surface area contributed by atoms with Gasteiger partial charge >= 0.3 is 0 Å². The molecule has 0 bridgehead atoms. The van der Waals surface area contributed by atoms with Crippen molar-refractivity contribution in [2.24, 2.45) is 5.14 Å². The lowest BCUT2D eigenvalue weighted by Crippen LogP contribution is -2.15. The van der Waals surface area contributed by atoms with E-state index in [1.54, 1.807) is 7.11 Å². The molecule has 0 saturated carbocycles. The van der Waals surface area contributed by atoms with E-state index in [-0.39, 0.29) is 23.2 Å². The van der Waals surface area contributed by atoms with Gasteiger partial charge < -0.3 is 14.8 Å². The first kappa shape index (κ1) is 26.2. The van der Waals surface area contributed by atoms with Gasteiger partial charge in [-0.25, -0.2) is 13.6 Å². The van der Waals surface area contributed by atoms with E-state index in [9.17, 15) is 13.2 Å². The molecule has 12 heteroatoms. The minimum absolute atomic E-state index is 0.0344. The van der Waals surface area contributed by atoms with E-state index in [0.29, 0.717) is 28.2 Å². The van der Waals surface area contributed by atoms with Gasteiger partial charge in [-0.1, -0.05) is 29.5 Å². The Hall–Kier alpha value is -3.87. The summed E-state index contributed by atoms with van der Waals surface area (Å²) in [5.41, 5.74) is 2.36. The second-order valence-corrected chi connectivity index (χ2v) is 10.4. The lowest BCUT2D eigenvalue weighted by atomic mass is 10.2. The summed E-state index contributed by atoms with van der Waals surface area (Å²) in [5, 5.41) is 16.9. The number of methoxy groups -OCH3 is 1. The summed E-state index contributed by atoms with van der Waals surface area (Å²) in [4.78, 5) is 12.5. The maximum atomic E-state index is 12.6. The molecule has 1 heterocycles. The number of nitrogens with zero attached hydrogens (tertiary/aromatic N) is 3. The summed E-state index contributed by atoms with van der Waals surface area (Å²) in [7, 11) is -2.21. The number of ether oxygens (including phenoxy) is 2. The molecule has 1 amide bonds. The van der Waals surface area contributed by atoms with Crippen molar-refractivity contribution >= 4 is 33.4 Å². The molecule has 1 aromatic heterocycles. The summed E-state index contributed by atoms with van der Waals surface area (Å²) >= 11 is 1.21. The molecular formula is C25H25N5O5S2. The predicted octanol–water partition coefficient (Wildman–Crippen LogP) is 3.54. The molecule has 0 spiro atoms. The summed E-state index contributed by atoms with van der Waals surface area (Å²) in [6.45, 7) is 2.18. The van der Waals surface area contributed by atoms with Gasteiger partial charge in [0, 0.05) is 11.4 Å². The standard InChI is InChI=1S/C25H25N5O5S2/c1-17-3-9-21(10-4-17)35-15-23-28-29-25(30(23)19-7-11-20(34-2)12-8-19)36-16-24(31)27-18-5-13-22(14-6-18)37(26,32)33/h3-14H,15-16H2,1-2H3,(H,27,31)(H2,26,32,33). The van der Waals surface area contributed by atoms with Gasteiger partial charge in [0.25, 0.3) is 0 Å². The zero-order valence-corrected chi connectivity index (χ0v) is 21.8. The highest BCUT2D eigenvalue weighted by Crippen LogP contribution is 2.25. The van der Waals surface area contributed by atoms with Crippen LogP contribution < -0.4 is 19.9 Å². The SMILES string of the molecule is COc1ccc(-n2c(COc3ccc(C)cc3)nnc2SCC(=O)Nc2ccc(S(N)(=O)=O)cc2)cc1. The number of benzene rings is 3. The number of rotatable bonds is 10. The fraction of sp³-hybridized carbons (Fsp3) is 0.160. The quantitative estimate of drug-likeness (QED) is 0.292. The van der Waals surface area contributed by atoms with Crippen molar-refractivity contribution in [2.45, 2.75) is 23.6 Å². The van der Waals surface area contributed by atoms with Gasteiger partial charge in [0.2, 0.25) is 15.9 Å². The van der Waals surface area contributed by atoms with Crippen molar-refractivity contribution in [2.75, 3.05) is 18.2 Å². The van der Waals surface area contributed by atoms with Gasteiger partial charge in [0.1, 0.15) is 18.1 Å². The molecule has 4 rings (SSSR count). The van der Waals surface area contributed by atoms with Gasteiger partial charge in [-0.15, -0.1) is 10.2 Å². The second kappa shape index (κ2) is 11.5. The van der Waals surface area contributed by atoms with Crippen molar-refractivity contribution in [1.29, 1.82) is 0 Å². The average molecular weight is 540 g/mol. The number of hydrogen-bond donors (Lipinski definition) is 2. The van der Waals surface area contributed by atoms with E-state index in [4.69, 9.17) is 14.6 Å². The van der Waals surface area contributed by atoms with Crippen LogP contribution in [0.4, 0.5) is 5.69 Å². The van der Waals surface area contributed by atoms with Crippen LogP contribution in [0.25, 0.3) is 5.69 Å². The zero-order chi connectivity index (χ0) is 26.4. The van der Waals surface area contributed by atoms with Crippen molar-refractivity contribution in [1.82, 2.24) is 14.8 Å². The molecule has 10 nitrogen and oxygen atoms in total. The Morgan fingerprint density at radius 2 is 1.62 bits per heavy atom. The van der Waals surface area contributed by atoms with Crippen molar-refractivity contribution < 1.29 is 22.7 Å². The highest BCUT2D eigenvalue weighted by Gasteiger charge is 2.17. The Kier molecular flexibility index (Phi) is 8.11. The molecule has 0 aliphatic carbocycles. The third kappa shape index (κ3) is 6.88. The number of aryl methyl sites for hydroxylation is 1. The fourth-order valence-corrected chi connectivity index (χ4v) is 4.60. The van der Waals surface area contributed by atoms with Crippen LogP contribution in [0.2, 0.25) is 0 Å². The predicted molar refractivity (Wildman–Crippen MR) is 141 cm³/mol. The first-order valence-electron chi connectivity index (χ1n) is 11.1. The number of carbonyl (C=O) groups is 1. The maximum absolute atomic E-state index is 12.6. The molecule has 0 atom stereocenters. The third-order valence-electron chi connectivity index (χ3n) is 5.22. The monoisotopic (exact) mass is 539 g/mol. The second-order valence-electron chi connectivity index (χ2n) is 7.94. The van der Waals surface area contributed by atoms with Gasteiger partial charge in [-0.3, -0.25) is 9.36 Å². The molecule has 0 aliphatic heterocycles. The number of thioether (sulfide) groups is 1. The van der Waals surface area contributed by atoms with Crippen LogP contribution in [0.1, 0.15) is 11.4 Å². The smallest absolute Gasteiger partial charge is 0.238 e. The van der Waals surface area contributed by atoms with Crippen LogP contribution in [0.15, 0.2) is 82.8 Å². The Bertz CT molecular complexity index is 1470. The van der Waals surface area contributed by atoms with Crippen LogP contribution >= 0.6 is 11.8 Å². The Labute approximate surface area is 218 Å². The highest BCUT2D eigenvalue weighted by atomic mass is 32.2. The summed E-state index contributed by atoms with van der Waals surface area (Å²) in [5.74, 6) is 1.72. The van der Waals surface area contributed by atoms with Crippen LogP contribution in [0.3, 0.4) is 0 Å². The van der Waals surface area contributed by atoms with Crippen molar-refractivity contribution in [3.8, 4) is 17.2 Å². The number of aromatic nitrogens is 3. The van der Waals surface area contributed by atoms with E-state index in [1.165, 1.54) is 36.0 Å². The van der Waals surface area contributed by atoms with Gasteiger partial charge in [-0.05, 0) is 67.6 Å². The molecule has 0 radical (unpaired) electrons. The molecule has 192 valence electrons. The number of nitrogens with two attached hydrogens (primary N) is 1. The molecule has 0 saturated heterocycles. The van der Waals surface area contributed by atoms with Gasteiger partial charge in [0.15, 0.2) is 11.0 Å².